The van der Waals surface area contributed by atoms with Crippen LogP contribution in [0.2, 0.25) is 0 Å². The van der Waals surface area contributed by atoms with Crippen LogP contribution in [0.5, 0.6) is 0 Å². The van der Waals surface area contributed by atoms with Crippen molar-refractivity contribution in [1.29, 1.82) is 0 Å². The van der Waals surface area contributed by atoms with E-state index in [1.54, 1.807) is 0 Å². The molecule has 1 N–H and O–H groups in total. The molecule has 3 nitrogen and oxygen atoms in total. The zero-order valence-corrected chi connectivity index (χ0v) is 14.8. The van der Waals surface area contributed by atoms with Crippen LogP contribution in [-0.4, -0.2) is 14.9 Å². The molecule has 5 fully saturated rings. The van der Waals surface area contributed by atoms with Gasteiger partial charge in [-0.25, -0.2) is 5.43 Å². The van der Waals surface area contributed by atoms with Crippen molar-refractivity contribution in [2.75, 3.05) is 0 Å². The highest BCUT2D eigenvalue weighted by atomic mass is 79.9. The van der Waals surface area contributed by atoms with Crippen LogP contribution in [0.15, 0.2) is 5.10 Å². The average molecular weight is 404 g/mol. The summed E-state index contributed by atoms with van der Waals surface area (Å²) in [6.07, 6.45) is 7.48. The van der Waals surface area contributed by atoms with E-state index in [4.69, 9.17) is 0 Å². The minimum absolute atomic E-state index is 0.0348. The molecule has 20 heavy (non-hydrogen) atoms. The van der Waals surface area contributed by atoms with Gasteiger partial charge in [0.1, 0.15) is 0 Å². The van der Waals surface area contributed by atoms with Gasteiger partial charge in [-0.3, -0.25) is 4.79 Å². The lowest BCUT2D eigenvalue weighted by molar-refractivity contribution is -0.125. The molecule has 5 aliphatic rings. The Morgan fingerprint density at radius 2 is 1.65 bits per heavy atom. The van der Waals surface area contributed by atoms with Crippen LogP contribution in [0, 0.1) is 29.1 Å². The number of nitrogens with zero attached hydrogens (tertiary/aromatic N) is 1. The second-order valence-electron chi connectivity index (χ2n) is 7.50. The summed E-state index contributed by atoms with van der Waals surface area (Å²) in [6, 6.07) is 0. The lowest BCUT2D eigenvalue weighted by Crippen LogP contribution is -2.46. The quantitative estimate of drug-likeness (QED) is 0.552. The highest BCUT2D eigenvalue weighted by molar-refractivity contribution is 9.25. The molecule has 0 spiro atoms. The molecule has 0 heterocycles. The lowest BCUT2D eigenvalue weighted by atomic mass is 9.55. The highest BCUT2D eigenvalue weighted by Gasteiger charge is 2.66. The number of rotatable bonds is 2. The maximum atomic E-state index is 12.3. The van der Waals surface area contributed by atoms with E-state index in [2.05, 4.69) is 42.4 Å². The summed E-state index contributed by atoms with van der Waals surface area (Å²) in [6.45, 7) is 1.98. The summed E-state index contributed by atoms with van der Waals surface area (Å²) in [4.78, 5) is 12.3. The summed E-state index contributed by atoms with van der Waals surface area (Å²) in [5.41, 5.74) is 3.78. The van der Waals surface area contributed by atoms with E-state index in [0.717, 1.165) is 18.3 Å². The van der Waals surface area contributed by atoms with Crippen molar-refractivity contribution < 1.29 is 4.79 Å². The fraction of sp³-hybridized carbons (Fsp3) is 0.867. The Labute approximate surface area is 136 Å². The Morgan fingerprint density at radius 3 is 2.10 bits per heavy atom. The topological polar surface area (TPSA) is 41.5 Å². The van der Waals surface area contributed by atoms with Gasteiger partial charge >= 0.3 is 0 Å². The number of carbonyl (C=O) groups excluding carboxylic acids is 1. The third-order valence-electron chi connectivity index (χ3n) is 6.02. The number of hydrogen-bond donors (Lipinski definition) is 1. The van der Waals surface area contributed by atoms with E-state index in [1.807, 2.05) is 6.92 Å². The predicted octanol–water partition coefficient (Wildman–Crippen LogP) is 3.81. The second kappa shape index (κ2) is 4.31. The van der Waals surface area contributed by atoms with Gasteiger partial charge in [-0.15, -0.1) is 0 Å². The average Bonchev–Trinajstić information content (AvgIpc) is 2.88. The van der Waals surface area contributed by atoms with E-state index in [9.17, 15) is 4.79 Å². The maximum Gasteiger partial charge on any atom is 0.248 e. The van der Waals surface area contributed by atoms with Crippen LogP contribution in [0.4, 0.5) is 0 Å². The smallest absolute Gasteiger partial charge is 0.248 e. The van der Waals surface area contributed by atoms with Crippen molar-refractivity contribution in [1.82, 2.24) is 5.43 Å². The monoisotopic (exact) mass is 402 g/mol. The van der Waals surface area contributed by atoms with Gasteiger partial charge in [0.15, 0.2) is 0 Å². The largest absolute Gasteiger partial charge is 0.272 e. The molecular formula is C15H20Br2N2O. The molecule has 0 aromatic carbocycles. The predicted molar refractivity (Wildman–Crippen MR) is 85.9 cm³/mol. The third kappa shape index (κ3) is 1.95. The van der Waals surface area contributed by atoms with Crippen LogP contribution >= 0.6 is 31.9 Å². The molecule has 110 valence electrons. The molecule has 4 bridgehead atoms. The minimum atomic E-state index is -0.372. The zero-order chi connectivity index (χ0) is 14.1. The van der Waals surface area contributed by atoms with E-state index < -0.39 is 0 Å². The van der Waals surface area contributed by atoms with Crippen molar-refractivity contribution in [3.8, 4) is 0 Å². The fourth-order valence-electron chi connectivity index (χ4n) is 4.73. The van der Waals surface area contributed by atoms with Crippen molar-refractivity contribution in [2.45, 2.75) is 48.7 Å². The van der Waals surface area contributed by atoms with Gasteiger partial charge in [0.25, 0.3) is 0 Å². The number of amides is 1. The number of carbonyl (C=O) groups is 1. The normalized spacial score (nSPS) is 47.2. The van der Waals surface area contributed by atoms with Gasteiger partial charge in [-0.05, 0) is 69.1 Å². The Balaban J connectivity index is 1.47. The van der Waals surface area contributed by atoms with Crippen LogP contribution in [0.25, 0.3) is 0 Å². The minimum Gasteiger partial charge on any atom is -0.272 e. The van der Waals surface area contributed by atoms with Gasteiger partial charge in [-0.1, -0.05) is 31.9 Å². The molecule has 1 atom stereocenters. The number of halogens is 2. The maximum absolute atomic E-state index is 12.3. The Bertz CT molecular complexity index is 472. The van der Waals surface area contributed by atoms with Gasteiger partial charge in [0.05, 0.1) is 8.65 Å². The van der Waals surface area contributed by atoms with Crippen molar-refractivity contribution >= 4 is 43.5 Å². The van der Waals surface area contributed by atoms with Gasteiger partial charge in [-0.2, -0.15) is 5.10 Å². The Morgan fingerprint density at radius 1 is 1.15 bits per heavy atom. The van der Waals surface area contributed by atoms with Crippen LogP contribution in [-0.2, 0) is 4.79 Å². The van der Waals surface area contributed by atoms with E-state index in [1.165, 1.54) is 37.8 Å². The molecule has 0 unspecified atom stereocenters. The molecule has 5 heteroatoms. The number of hydrogen-bond acceptors (Lipinski definition) is 2. The van der Waals surface area contributed by atoms with E-state index in [-0.39, 0.29) is 14.6 Å². The fourth-order valence-corrected chi connectivity index (χ4v) is 6.22. The molecule has 0 aromatic heterocycles. The second-order valence-corrected chi connectivity index (χ2v) is 11.3. The van der Waals surface area contributed by atoms with Crippen LogP contribution in [0.3, 0.4) is 0 Å². The van der Waals surface area contributed by atoms with Gasteiger partial charge < -0.3 is 0 Å². The molecule has 0 aliphatic heterocycles. The first-order valence-corrected chi connectivity index (χ1v) is 9.23. The first-order chi connectivity index (χ1) is 9.39. The molecule has 0 aromatic rings. The standard InChI is InChI=1S/C15H20Br2N2O/c1-14(7-15(14,16)17)13(20)19-18-12-10-3-8-2-9(5-10)6-11(12)4-8/h8-11H,2-7H2,1H3,(H,19,20)/t8?,9?,10?,11?,14-/m1/s1. The van der Waals surface area contributed by atoms with Crippen molar-refractivity contribution in [3.05, 3.63) is 0 Å². The van der Waals surface area contributed by atoms with Crippen molar-refractivity contribution in [3.63, 3.8) is 0 Å². The number of nitrogens with one attached hydrogen (secondary N) is 1. The molecule has 5 rings (SSSR count). The SMILES string of the molecule is C[C@]1(C(=O)NN=C2C3CC4CC(C3)CC2C4)CC1(Br)Br. The summed E-state index contributed by atoms with van der Waals surface area (Å²) >= 11 is 7.09. The first-order valence-electron chi connectivity index (χ1n) is 7.65. The molecule has 1 amide bonds. The van der Waals surface area contributed by atoms with E-state index in [0.29, 0.717) is 11.8 Å². The molecule has 0 saturated heterocycles. The lowest BCUT2D eigenvalue weighted by Gasteiger charge is -2.50. The molecular weight excluding hydrogens is 384 g/mol. The number of hydrazone groups is 1. The summed E-state index contributed by atoms with van der Waals surface area (Å²) in [5.74, 6) is 3.21. The zero-order valence-electron chi connectivity index (χ0n) is 11.7. The summed E-state index contributed by atoms with van der Waals surface area (Å²) in [7, 11) is 0. The first kappa shape index (κ1) is 13.7. The third-order valence-corrected chi connectivity index (χ3v) is 8.33. The molecule has 5 aliphatic carbocycles. The van der Waals surface area contributed by atoms with Gasteiger partial charge in [0, 0.05) is 5.71 Å². The Hall–Kier alpha value is 0.100. The molecule has 0 radical (unpaired) electrons. The molecule has 5 saturated carbocycles. The van der Waals surface area contributed by atoms with Crippen molar-refractivity contribution in [2.24, 2.45) is 34.2 Å². The summed E-state index contributed by atoms with van der Waals surface area (Å²) in [5, 5.41) is 4.57. The summed E-state index contributed by atoms with van der Waals surface area (Å²) < 4.78 is -0.235. The van der Waals surface area contributed by atoms with Crippen LogP contribution in [0.1, 0.15) is 45.4 Å². The van der Waals surface area contributed by atoms with E-state index >= 15 is 0 Å². The Kier molecular flexibility index (Phi) is 2.96. The van der Waals surface area contributed by atoms with Gasteiger partial charge in [0.2, 0.25) is 5.91 Å². The number of alkyl halides is 2. The van der Waals surface area contributed by atoms with Crippen LogP contribution < -0.4 is 5.43 Å². The highest BCUT2D eigenvalue weighted by Crippen LogP contribution is 2.66.